The second-order valence-corrected chi connectivity index (χ2v) is 6.48. The molecule has 0 fully saturated rings. The molecule has 142 valence electrons. The maximum Gasteiger partial charge on any atom is 0.279 e. The van der Waals surface area contributed by atoms with E-state index in [1.54, 1.807) is 43.3 Å². The van der Waals surface area contributed by atoms with Gasteiger partial charge in [-0.25, -0.2) is 0 Å². The van der Waals surface area contributed by atoms with Crippen molar-refractivity contribution in [2.45, 2.75) is 13.0 Å². The molecular weight excluding hydrogens is 376 g/mol. The van der Waals surface area contributed by atoms with Crippen molar-refractivity contribution in [3.8, 4) is 16.9 Å². The van der Waals surface area contributed by atoms with Gasteiger partial charge in [0.15, 0.2) is 6.10 Å². The van der Waals surface area contributed by atoms with Crippen molar-refractivity contribution < 1.29 is 14.3 Å². The summed E-state index contributed by atoms with van der Waals surface area (Å²) in [6, 6.07) is 24.0. The van der Waals surface area contributed by atoms with E-state index in [0.717, 1.165) is 11.1 Å². The van der Waals surface area contributed by atoms with Gasteiger partial charge in [0.25, 0.3) is 11.8 Å². The predicted molar refractivity (Wildman–Crippen MR) is 109 cm³/mol. The standard InChI is InChI=1S/C22H19ClN2O3/c1-15(21(26)24-25-22(27)19-9-5-6-10-20(19)23)28-18-13-11-17(12-14-18)16-7-3-2-4-8-16/h2-15H,1H3,(H,24,26)(H,25,27). The molecular formula is C22H19ClN2O3. The zero-order valence-corrected chi connectivity index (χ0v) is 15.9. The van der Waals surface area contributed by atoms with Crippen LogP contribution < -0.4 is 15.6 Å². The second-order valence-electron chi connectivity index (χ2n) is 6.07. The minimum Gasteiger partial charge on any atom is -0.481 e. The van der Waals surface area contributed by atoms with E-state index in [1.165, 1.54) is 0 Å². The molecule has 2 N–H and O–H groups in total. The molecule has 0 aromatic heterocycles. The van der Waals surface area contributed by atoms with Gasteiger partial charge in [-0.1, -0.05) is 66.2 Å². The van der Waals surface area contributed by atoms with Crippen molar-refractivity contribution in [2.24, 2.45) is 0 Å². The summed E-state index contributed by atoms with van der Waals surface area (Å²) in [5.74, 6) is -0.425. The molecule has 0 aliphatic heterocycles. The molecule has 28 heavy (non-hydrogen) atoms. The number of carbonyl (C=O) groups excluding carboxylic acids is 2. The van der Waals surface area contributed by atoms with Crippen LogP contribution in [-0.4, -0.2) is 17.9 Å². The molecule has 0 heterocycles. The molecule has 0 radical (unpaired) electrons. The van der Waals surface area contributed by atoms with Crippen LogP contribution >= 0.6 is 11.6 Å². The Hall–Kier alpha value is -3.31. The van der Waals surface area contributed by atoms with Crippen molar-refractivity contribution >= 4 is 23.4 Å². The highest BCUT2D eigenvalue weighted by Gasteiger charge is 2.16. The van der Waals surface area contributed by atoms with E-state index in [-0.39, 0.29) is 5.56 Å². The molecule has 3 rings (SSSR count). The van der Waals surface area contributed by atoms with Gasteiger partial charge in [0, 0.05) is 0 Å². The van der Waals surface area contributed by atoms with Crippen LogP contribution in [0.3, 0.4) is 0 Å². The summed E-state index contributed by atoms with van der Waals surface area (Å²) in [5.41, 5.74) is 7.10. The van der Waals surface area contributed by atoms with Crippen LogP contribution in [0.5, 0.6) is 5.75 Å². The molecule has 3 aromatic carbocycles. The maximum atomic E-state index is 12.2. The van der Waals surface area contributed by atoms with Crippen LogP contribution in [0.4, 0.5) is 0 Å². The Morgan fingerprint density at radius 2 is 1.43 bits per heavy atom. The van der Waals surface area contributed by atoms with Gasteiger partial charge in [0.2, 0.25) is 0 Å². The van der Waals surface area contributed by atoms with Crippen molar-refractivity contribution in [3.63, 3.8) is 0 Å². The van der Waals surface area contributed by atoms with Crippen LogP contribution in [0.25, 0.3) is 11.1 Å². The largest absolute Gasteiger partial charge is 0.481 e. The van der Waals surface area contributed by atoms with E-state index in [1.807, 2.05) is 42.5 Å². The molecule has 2 amide bonds. The fourth-order valence-electron chi connectivity index (χ4n) is 2.55. The normalized spacial score (nSPS) is 11.4. The maximum absolute atomic E-state index is 12.2. The number of benzene rings is 3. The third kappa shape index (κ3) is 4.90. The number of carbonyl (C=O) groups is 2. The van der Waals surface area contributed by atoms with Crippen LogP contribution in [0.2, 0.25) is 5.02 Å². The average molecular weight is 395 g/mol. The minimum atomic E-state index is -0.797. The summed E-state index contributed by atoms with van der Waals surface area (Å²) >= 11 is 5.96. The van der Waals surface area contributed by atoms with E-state index >= 15 is 0 Å². The lowest BCUT2D eigenvalue weighted by Crippen LogP contribution is -2.47. The first-order chi connectivity index (χ1) is 13.5. The van der Waals surface area contributed by atoms with Gasteiger partial charge in [-0.15, -0.1) is 0 Å². The molecule has 5 nitrogen and oxygen atoms in total. The number of hydrogen-bond acceptors (Lipinski definition) is 3. The van der Waals surface area contributed by atoms with E-state index < -0.39 is 17.9 Å². The van der Waals surface area contributed by atoms with Gasteiger partial charge in [0.1, 0.15) is 5.75 Å². The Kier molecular flexibility index (Phi) is 6.29. The smallest absolute Gasteiger partial charge is 0.279 e. The summed E-state index contributed by atoms with van der Waals surface area (Å²) in [6.07, 6.45) is -0.797. The van der Waals surface area contributed by atoms with Gasteiger partial charge in [-0.3, -0.25) is 20.4 Å². The van der Waals surface area contributed by atoms with Crippen LogP contribution in [0.15, 0.2) is 78.9 Å². The molecule has 0 spiro atoms. The molecule has 0 saturated heterocycles. The number of rotatable bonds is 5. The Morgan fingerprint density at radius 1 is 0.821 bits per heavy atom. The van der Waals surface area contributed by atoms with Crippen molar-refractivity contribution in [1.29, 1.82) is 0 Å². The topological polar surface area (TPSA) is 67.4 Å². The van der Waals surface area contributed by atoms with Crippen molar-refractivity contribution in [3.05, 3.63) is 89.4 Å². The first-order valence-corrected chi connectivity index (χ1v) is 9.09. The van der Waals surface area contributed by atoms with E-state index in [2.05, 4.69) is 10.9 Å². The van der Waals surface area contributed by atoms with Gasteiger partial charge in [-0.2, -0.15) is 0 Å². The van der Waals surface area contributed by atoms with E-state index in [9.17, 15) is 9.59 Å². The number of ether oxygens (including phenoxy) is 1. The zero-order valence-electron chi connectivity index (χ0n) is 15.2. The summed E-state index contributed by atoms with van der Waals surface area (Å²) in [7, 11) is 0. The highest BCUT2D eigenvalue weighted by atomic mass is 35.5. The lowest BCUT2D eigenvalue weighted by molar-refractivity contribution is -0.128. The molecule has 1 unspecified atom stereocenters. The van der Waals surface area contributed by atoms with Crippen LogP contribution in [-0.2, 0) is 4.79 Å². The van der Waals surface area contributed by atoms with Gasteiger partial charge >= 0.3 is 0 Å². The second kappa shape index (κ2) is 9.06. The zero-order chi connectivity index (χ0) is 19.9. The van der Waals surface area contributed by atoms with E-state index in [0.29, 0.717) is 10.8 Å². The fourth-order valence-corrected chi connectivity index (χ4v) is 2.77. The first kappa shape index (κ1) is 19.5. The van der Waals surface area contributed by atoms with Crippen molar-refractivity contribution in [2.75, 3.05) is 0 Å². The molecule has 0 saturated carbocycles. The monoisotopic (exact) mass is 394 g/mol. The summed E-state index contributed by atoms with van der Waals surface area (Å²) in [6.45, 7) is 1.60. The molecule has 3 aromatic rings. The summed E-state index contributed by atoms with van der Waals surface area (Å²) in [4.78, 5) is 24.2. The highest BCUT2D eigenvalue weighted by Crippen LogP contribution is 2.22. The Morgan fingerprint density at radius 3 is 2.11 bits per heavy atom. The molecule has 1 atom stereocenters. The molecule has 6 heteroatoms. The SMILES string of the molecule is CC(Oc1ccc(-c2ccccc2)cc1)C(=O)NNC(=O)c1ccccc1Cl. The Bertz CT molecular complexity index is 959. The molecule has 0 bridgehead atoms. The fraction of sp³-hybridized carbons (Fsp3) is 0.0909. The third-order valence-electron chi connectivity index (χ3n) is 4.06. The molecule has 0 aliphatic carbocycles. The number of hydrogen-bond donors (Lipinski definition) is 2. The Balaban J connectivity index is 1.54. The third-order valence-corrected chi connectivity index (χ3v) is 4.39. The van der Waals surface area contributed by atoms with Gasteiger partial charge < -0.3 is 4.74 Å². The summed E-state index contributed by atoms with van der Waals surface area (Å²) in [5, 5.41) is 0.303. The Labute approximate surface area is 168 Å². The van der Waals surface area contributed by atoms with Crippen LogP contribution in [0, 0.1) is 0 Å². The highest BCUT2D eigenvalue weighted by molar-refractivity contribution is 6.33. The number of amides is 2. The predicted octanol–water partition coefficient (Wildman–Crippen LogP) is 4.24. The lowest BCUT2D eigenvalue weighted by atomic mass is 10.1. The molecule has 0 aliphatic rings. The van der Waals surface area contributed by atoms with Gasteiger partial charge in [-0.05, 0) is 42.3 Å². The van der Waals surface area contributed by atoms with Crippen LogP contribution in [0.1, 0.15) is 17.3 Å². The average Bonchev–Trinajstić information content (AvgIpc) is 2.73. The van der Waals surface area contributed by atoms with E-state index in [4.69, 9.17) is 16.3 Å². The summed E-state index contributed by atoms with van der Waals surface area (Å²) < 4.78 is 5.64. The minimum absolute atomic E-state index is 0.273. The number of halogens is 1. The van der Waals surface area contributed by atoms with Crippen molar-refractivity contribution in [1.82, 2.24) is 10.9 Å². The lowest BCUT2D eigenvalue weighted by Gasteiger charge is -2.15. The number of hydrazine groups is 1. The number of nitrogens with one attached hydrogen (secondary N) is 2. The first-order valence-electron chi connectivity index (χ1n) is 8.71. The van der Waals surface area contributed by atoms with Gasteiger partial charge in [0.05, 0.1) is 10.6 Å². The quantitative estimate of drug-likeness (QED) is 0.636.